The lowest BCUT2D eigenvalue weighted by Crippen LogP contribution is -2.43. The Morgan fingerprint density at radius 1 is 1.18 bits per heavy atom. The molecule has 2 aromatic rings. The van der Waals surface area contributed by atoms with Crippen molar-refractivity contribution >= 4 is 17.7 Å². The number of hydrogen-bond acceptors (Lipinski definition) is 4. The van der Waals surface area contributed by atoms with Crippen LogP contribution in [-0.4, -0.2) is 38.2 Å². The Kier molecular flexibility index (Phi) is 7.47. The standard InChI is InChI=1S/C22H31N3O2S/c1-14(2)25(15(3)4)20(26)13-28-22-23-17(6)19(21(27)24(22)7)12-18-10-8-9-16(5)11-18/h8-11,14-15H,12-13H2,1-7H3. The van der Waals surface area contributed by atoms with Crippen LogP contribution in [0, 0.1) is 13.8 Å². The second kappa shape index (κ2) is 9.41. The fraction of sp³-hybridized carbons (Fsp3) is 0.500. The van der Waals surface area contributed by atoms with E-state index in [2.05, 4.69) is 11.1 Å². The Balaban J connectivity index is 2.22. The van der Waals surface area contributed by atoms with E-state index in [0.717, 1.165) is 11.3 Å². The summed E-state index contributed by atoms with van der Waals surface area (Å²) in [6, 6.07) is 8.45. The molecule has 0 aliphatic carbocycles. The molecule has 0 unspecified atom stereocenters. The molecule has 1 aromatic heterocycles. The minimum absolute atomic E-state index is 0.0477. The summed E-state index contributed by atoms with van der Waals surface area (Å²) in [7, 11) is 1.73. The molecule has 0 bridgehead atoms. The first kappa shape index (κ1) is 22.2. The van der Waals surface area contributed by atoms with Gasteiger partial charge in [-0.05, 0) is 47.1 Å². The van der Waals surface area contributed by atoms with Crippen LogP contribution in [0.2, 0.25) is 0 Å². The Bertz CT molecular complexity index is 895. The second-order valence-electron chi connectivity index (χ2n) is 7.77. The van der Waals surface area contributed by atoms with Crippen LogP contribution in [0.25, 0.3) is 0 Å². The molecule has 152 valence electrons. The zero-order valence-corrected chi connectivity index (χ0v) is 18.8. The van der Waals surface area contributed by atoms with Gasteiger partial charge >= 0.3 is 0 Å². The van der Waals surface area contributed by atoms with Crippen LogP contribution in [0.1, 0.15) is 50.1 Å². The van der Waals surface area contributed by atoms with E-state index in [0.29, 0.717) is 17.1 Å². The maximum Gasteiger partial charge on any atom is 0.257 e. The SMILES string of the molecule is Cc1cccc(Cc2c(C)nc(SCC(=O)N(C(C)C)C(C)C)n(C)c2=O)c1. The van der Waals surface area contributed by atoms with Crippen molar-refractivity contribution in [1.29, 1.82) is 0 Å². The van der Waals surface area contributed by atoms with Crippen molar-refractivity contribution in [3.8, 4) is 0 Å². The second-order valence-corrected chi connectivity index (χ2v) is 8.71. The number of rotatable bonds is 7. The van der Waals surface area contributed by atoms with Crippen molar-refractivity contribution in [2.75, 3.05) is 5.75 Å². The van der Waals surface area contributed by atoms with E-state index in [9.17, 15) is 9.59 Å². The highest BCUT2D eigenvalue weighted by atomic mass is 32.2. The summed E-state index contributed by atoms with van der Waals surface area (Å²) in [5, 5.41) is 0.580. The van der Waals surface area contributed by atoms with Gasteiger partial charge < -0.3 is 4.90 Å². The number of carbonyl (C=O) groups is 1. The van der Waals surface area contributed by atoms with Crippen molar-refractivity contribution < 1.29 is 4.79 Å². The van der Waals surface area contributed by atoms with Gasteiger partial charge in [0.25, 0.3) is 5.56 Å². The molecule has 0 fully saturated rings. The molecule has 1 heterocycles. The number of aryl methyl sites for hydroxylation is 2. The third-order valence-corrected chi connectivity index (χ3v) is 5.75. The predicted molar refractivity (Wildman–Crippen MR) is 116 cm³/mol. The van der Waals surface area contributed by atoms with Crippen molar-refractivity contribution in [2.24, 2.45) is 7.05 Å². The van der Waals surface area contributed by atoms with Crippen LogP contribution < -0.4 is 5.56 Å². The first-order chi connectivity index (χ1) is 13.1. The van der Waals surface area contributed by atoms with Gasteiger partial charge in [-0.15, -0.1) is 0 Å². The Morgan fingerprint density at radius 2 is 1.82 bits per heavy atom. The quantitative estimate of drug-likeness (QED) is 0.524. The smallest absolute Gasteiger partial charge is 0.257 e. The largest absolute Gasteiger partial charge is 0.337 e. The summed E-state index contributed by atoms with van der Waals surface area (Å²) in [6.45, 7) is 12.0. The summed E-state index contributed by atoms with van der Waals surface area (Å²) >= 11 is 1.32. The zero-order chi connectivity index (χ0) is 21.0. The molecular formula is C22H31N3O2S. The van der Waals surface area contributed by atoms with Gasteiger partial charge in [-0.1, -0.05) is 41.6 Å². The number of benzene rings is 1. The van der Waals surface area contributed by atoms with E-state index in [4.69, 9.17) is 0 Å². The minimum atomic E-state index is -0.0477. The van der Waals surface area contributed by atoms with E-state index < -0.39 is 0 Å². The number of amides is 1. The molecular weight excluding hydrogens is 370 g/mol. The van der Waals surface area contributed by atoms with Gasteiger partial charge in [0.05, 0.1) is 5.75 Å². The van der Waals surface area contributed by atoms with E-state index in [1.54, 1.807) is 11.6 Å². The maximum absolute atomic E-state index is 12.9. The van der Waals surface area contributed by atoms with E-state index in [-0.39, 0.29) is 29.3 Å². The molecule has 28 heavy (non-hydrogen) atoms. The highest BCUT2D eigenvalue weighted by Crippen LogP contribution is 2.19. The molecule has 2 rings (SSSR count). The van der Waals surface area contributed by atoms with Gasteiger partial charge in [0, 0.05) is 36.8 Å². The van der Waals surface area contributed by atoms with Crippen molar-refractivity contribution in [3.63, 3.8) is 0 Å². The van der Waals surface area contributed by atoms with Crippen molar-refractivity contribution in [2.45, 2.75) is 65.2 Å². The van der Waals surface area contributed by atoms with Crippen LogP contribution in [0.4, 0.5) is 0 Å². The van der Waals surface area contributed by atoms with E-state index >= 15 is 0 Å². The Morgan fingerprint density at radius 3 is 2.39 bits per heavy atom. The topological polar surface area (TPSA) is 55.2 Å². The lowest BCUT2D eigenvalue weighted by atomic mass is 10.0. The summed E-state index contributed by atoms with van der Waals surface area (Å²) in [5.74, 6) is 0.332. The summed E-state index contributed by atoms with van der Waals surface area (Å²) in [4.78, 5) is 32.0. The summed E-state index contributed by atoms with van der Waals surface area (Å²) in [6.07, 6.45) is 0.561. The van der Waals surface area contributed by atoms with E-state index in [1.807, 2.05) is 64.6 Å². The van der Waals surface area contributed by atoms with Gasteiger partial charge in [-0.3, -0.25) is 14.2 Å². The van der Waals surface area contributed by atoms with Gasteiger partial charge in [0.1, 0.15) is 0 Å². The van der Waals surface area contributed by atoms with Gasteiger partial charge in [-0.25, -0.2) is 4.98 Å². The summed E-state index contributed by atoms with van der Waals surface area (Å²) in [5.41, 5.74) is 3.65. The van der Waals surface area contributed by atoms with Gasteiger partial charge in [-0.2, -0.15) is 0 Å². The highest BCUT2D eigenvalue weighted by Gasteiger charge is 2.21. The Labute approximate surface area is 172 Å². The third-order valence-electron chi connectivity index (χ3n) is 4.74. The third kappa shape index (κ3) is 5.25. The van der Waals surface area contributed by atoms with Gasteiger partial charge in [0.15, 0.2) is 5.16 Å². The highest BCUT2D eigenvalue weighted by molar-refractivity contribution is 7.99. The van der Waals surface area contributed by atoms with Gasteiger partial charge in [0.2, 0.25) is 5.91 Å². The fourth-order valence-corrected chi connectivity index (χ4v) is 4.34. The average molecular weight is 402 g/mol. The minimum Gasteiger partial charge on any atom is -0.337 e. The molecule has 0 radical (unpaired) electrons. The van der Waals surface area contributed by atoms with E-state index in [1.165, 1.54) is 17.3 Å². The monoisotopic (exact) mass is 401 g/mol. The lowest BCUT2D eigenvalue weighted by molar-refractivity contribution is -0.131. The number of carbonyl (C=O) groups excluding carboxylic acids is 1. The normalized spacial score (nSPS) is 11.3. The fourth-order valence-electron chi connectivity index (χ4n) is 3.46. The predicted octanol–water partition coefficient (Wildman–Crippen LogP) is 3.73. The number of thioether (sulfide) groups is 1. The van der Waals surface area contributed by atoms with Crippen molar-refractivity contribution in [3.05, 3.63) is 57.0 Å². The molecule has 1 aromatic carbocycles. The molecule has 5 nitrogen and oxygen atoms in total. The molecule has 0 atom stereocenters. The molecule has 0 aliphatic heterocycles. The Hall–Kier alpha value is -2.08. The maximum atomic E-state index is 12.9. The molecule has 0 saturated heterocycles. The van der Waals surface area contributed by atoms with Crippen LogP contribution in [0.3, 0.4) is 0 Å². The van der Waals surface area contributed by atoms with Crippen LogP contribution in [0.5, 0.6) is 0 Å². The van der Waals surface area contributed by atoms with Crippen molar-refractivity contribution in [1.82, 2.24) is 14.5 Å². The lowest BCUT2D eigenvalue weighted by Gasteiger charge is -2.30. The zero-order valence-electron chi connectivity index (χ0n) is 17.9. The van der Waals surface area contributed by atoms with Crippen LogP contribution in [0.15, 0.2) is 34.2 Å². The van der Waals surface area contributed by atoms with Crippen LogP contribution >= 0.6 is 11.8 Å². The summed E-state index contributed by atoms with van der Waals surface area (Å²) < 4.78 is 1.56. The molecule has 0 N–H and O–H groups in total. The van der Waals surface area contributed by atoms with Crippen LogP contribution in [-0.2, 0) is 18.3 Å². The first-order valence-corrected chi connectivity index (χ1v) is 10.7. The first-order valence-electron chi connectivity index (χ1n) is 9.67. The average Bonchev–Trinajstić information content (AvgIpc) is 2.60. The molecule has 1 amide bonds. The molecule has 0 saturated carbocycles. The molecule has 0 spiro atoms. The molecule has 6 heteroatoms. The molecule has 0 aliphatic rings. The number of hydrogen-bond donors (Lipinski definition) is 0. The number of nitrogens with zero attached hydrogens (tertiary/aromatic N) is 3. The number of aromatic nitrogens is 2.